The van der Waals surface area contributed by atoms with Gasteiger partial charge in [0.1, 0.15) is 11.3 Å². The molecule has 0 unspecified atom stereocenters. The van der Waals surface area contributed by atoms with Crippen LogP contribution in [0.25, 0.3) is 0 Å². The average molecular weight is 433 g/mol. The molecule has 0 heterocycles. The van der Waals surface area contributed by atoms with E-state index in [4.69, 9.17) is 18.9 Å². The lowest BCUT2D eigenvalue weighted by molar-refractivity contribution is -0.114. The number of anilines is 1. The SMILES string of the molecule is COc1cc(OC)c(C(=O)OCC(=O)c2ccc(SC)c(NC(C)=O)c2)cc1OC. The van der Waals surface area contributed by atoms with Crippen molar-refractivity contribution in [3.8, 4) is 17.2 Å². The van der Waals surface area contributed by atoms with Crippen LogP contribution >= 0.6 is 11.8 Å². The normalized spacial score (nSPS) is 10.2. The molecule has 8 nitrogen and oxygen atoms in total. The molecule has 0 spiro atoms. The van der Waals surface area contributed by atoms with Crippen LogP contribution in [-0.4, -0.2) is 51.9 Å². The molecule has 0 saturated carbocycles. The van der Waals surface area contributed by atoms with Gasteiger partial charge in [0.25, 0.3) is 0 Å². The van der Waals surface area contributed by atoms with Gasteiger partial charge in [0.05, 0.1) is 27.0 Å². The summed E-state index contributed by atoms with van der Waals surface area (Å²) in [6.45, 7) is 0.908. The number of amides is 1. The maximum absolute atomic E-state index is 12.5. The quantitative estimate of drug-likeness (QED) is 0.365. The van der Waals surface area contributed by atoms with E-state index in [-0.39, 0.29) is 17.2 Å². The molecule has 0 aliphatic heterocycles. The molecule has 0 radical (unpaired) electrons. The van der Waals surface area contributed by atoms with Gasteiger partial charge >= 0.3 is 5.97 Å². The van der Waals surface area contributed by atoms with E-state index >= 15 is 0 Å². The fourth-order valence-corrected chi connectivity index (χ4v) is 3.18. The summed E-state index contributed by atoms with van der Waals surface area (Å²) < 4.78 is 20.8. The summed E-state index contributed by atoms with van der Waals surface area (Å²) in [6, 6.07) is 7.82. The van der Waals surface area contributed by atoms with E-state index < -0.39 is 18.4 Å². The van der Waals surface area contributed by atoms with Crippen molar-refractivity contribution in [3.05, 3.63) is 41.5 Å². The minimum atomic E-state index is -0.746. The van der Waals surface area contributed by atoms with Crippen molar-refractivity contribution < 1.29 is 33.3 Å². The smallest absolute Gasteiger partial charge is 0.342 e. The topological polar surface area (TPSA) is 100 Å². The van der Waals surface area contributed by atoms with Gasteiger partial charge in [-0.05, 0) is 18.4 Å². The molecular weight excluding hydrogens is 410 g/mol. The van der Waals surface area contributed by atoms with Crippen molar-refractivity contribution in [1.29, 1.82) is 0 Å². The third-order valence-electron chi connectivity index (χ3n) is 4.09. The van der Waals surface area contributed by atoms with Crippen LogP contribution in [0.3, 0.4) is 0 Å². The number of rotatable bonds is 9. The number of hydrogen-bond donors (Lipinski definition) is 1. The Labute approximate surface area is 178 Å². The van der Waals surface area contributed by atoms with Gasteiger partial charge in [-0.3, -0.25) is 9.59 Å². The van der Waals surface area contributed by atoms with Gasteiger partial charge in [0.2, 0.25) is 5.91 Å². The number of methoxy groups -OCH3 is 3. The minimum absolute atomic E-state index is 0.0969. The molecule has 0 atom stereocenters. The first kappa shape index (κ1) is 23.1. The number of thioether (sulfide) groups is 1. The van der Waals surface area contributed by atoms with Crippen LogP contribution in [0.4, 0.5) is 5.69 Å². The van der Waals surface area contributed by atoms with Crippen LogP contribution in [0, 0.1) is 0 Å². The third kappa shape index (κ3) is 5.44. The second-order valence-electron chi connectivity index (χ2n) is 6.00. The molecule has 2 rings (SSSR count). The number of esters is 1. The van der Waals surface area contributed by atoms with Crippen LogP contribution in [0.1, 0.15) is 27.6 Å². The first-order valence-corrected chi connectivity index (χ1v) is 10.0. The van der Waals surface area contributed by atoms with Gasteiger partial charge in [-0.15, -0.1) is 11.8 Å². The number of benzene rings is 2. The monoisotopic (exact) mass is 433 g/mol. The summed E-state index contributed by atoms with van der Waals surface area (Å²) in [6.07, 6.45) is 1.86. The molecule has 0 bridgehead atoms. The predicted octanol–water partition coefficient (Wildman–Crippen LogP) is 3.43. The van der Waals surface area contributed by atoms with Crippen molar-refractivity contribution in [2.45, 2.75) is 11.8 Å². The van der Waals surface area contributed by atoms with Gasteiger partial charge in [-0.2, -0.15) is 0 Å². The largest absolute Gasteiger partial charge is 0.496 e. The lowest BCUT2D eigenvalue weighted by Gasteiger charge is -2.14. The molecule has 0 aliphatic rings. The zero-order valence-corrected chi connectivity index (χ0v) is 18.2. The zero-order valence-electron chi connectivity index (χ0n) is 17.4. The first-order chi connectivity index (χ1) is 14.3. The van der Waals surface area contributed by atoms with E-state index in [9.17, 15) is 14.4 Å². The number of carbonyl (C=O) groups excluding carboxylic acids is 3. The predicted molar refractivity (Wildman–Crippen MR) is 113 cm³/mol. The van der Waals surface area contributed by atoms with Crippen LogP contribution < -0.4 is 19.5 Å². The van der Waals surface area contributed by atoms with Crippen molar-refractivity contribution in [3.63, 3.8) is 0 Å². The minimum Gasteiger partial charge on any atom is -0.496 e. The molecule has 2 aromatic rings. The van der Waals surface area contributed by atoms with Crippen LogP contribution in [0.15, 0.2) is 35.2 Å². The van der Waals surface area contributed by atoms with Crippen molar-refractivity contribution in [2.24, 2.45) is 0 Å². The Hall–Kier alpha value is -3.20. The summed E-state index contributed by atoms with van der Waals surface area (Å²) in [5, 5.41) is 2.69. The van der Waals surface area contributed by atoms with E-state index in [1.807, 2.05) is 6.26 Å². The van der Waals surface area contributed by atoms with Gasteiger partial charge < -0.3 is 24.3 Å². The van der Waals surface area contributed by atoms with E-state index in [2.05, 4.69) is 5.32 Å². The van der Waals surface area contributed by atoms with Gasteiger partial charge in [0, 0.05) is 29.5 Å². The number of hydrogen-bond acceptors (Lipinski definition) is 8. The van der Waals surface area contributed by atoms with E-state index in [1.165, 1.54) is 52.1 Å². The average Bonchev–Trinajstić information content (AvgIpc) is 2.75. The number of nitrogens with one attached hydrogen (secondary N) is 1. The molecule has 1 amide bonds. The Kier molecular flexibility index (Phi) is 8.11. The van der Waals surface area contributed by atoms with Crippen LogP contribution in [-0.2, 0) is 9.53 Å². The molecular formula is C21H23NO7S. The second kappa shape index (κ2) is 10.5. The molecule has 0 aromatic heterocycles. The lowest BCUT2D eigenvalue weighted by Crippen LogP contribution is -2.16. The third-order valence-corrected chi connectivity index (χ3v) is 4.89. The Bertz CT molecular complexity index is 959. The molecule has 2 aromatic carbocycles. The van der Waals surface area contributed by atoms with Crippen molar-refractivity contribution in [2.75, 3.05) is 39.5 Å². The maximum atomic E-state index is 12.5. The maximum Gasteiger partial charge on any atom is 0.342 e. The summed E-state index contributed by atoms with van der Waals surface area (Å²) in [5.74, 6) is -0.471. The number of ether oxygens (including phenoxy) is 4. The molecule has 0 aliphatic carbocycles. The standard InChI is InChI=1S/C21H23NO7S/c1-12(23)22-15-8-13(6-7-20(15)30-5)16(24)11-29-21(25)14-9-18(27-3)19(28-4)10-17(14)26-2/h6-10H,11H2,1-5H3,(H,22,23). The van der Waals surface area contributed by atoms with Gasteiger partial charge in [-0.1, -0.05) is 6.07 Å². The highest BCUT2D eigenvalue weighted by atomic mass is 32.2. The highest BCUT2D eigenvalue weighted by molar-refractivity contribution is 7.98. The molecule has 30 heavy (non-hydrogen) atoms. The fraction of sp³-hybridized carbons (Fsp3) is 0.286. The Morgan fingerprint density at radius 3 is 2.13 bits per heavy atom. The van der Waals surface area contributed by atoms with Crippen LogP contribution in [0.5, 0.6) is 17.2 Å². The van der Waals surface area contributed by atoms with Crippen molar-refractivity contribution in [1.82, 2.24) is 0 Å². The van der Waals surface area contributed by atoms with E-state index in [1.54, 1.807) is 18.2 Å². The molecule has 9 heteroatoms. The Morgan fingerprint density at radius 1 is 0.933 bits per heavy atom. The number of Topliss-reactive ketones (excluding diaryl/α,β-unsaturated/α-hetero) is 1. The highest BCUT2D eigenvalue weighted by Gasteiger charge is 2.20. The molecule has 160 valence electrons. The fourth-order valence-electron chi connectivity index (χ4n) is 2.65. The Balaban J connectivity index is 2.18. The lowest BCUT2D eigenvalue weighted by atomic mass is 10.1. The highest BCUT2D eigenvalue weighted by Crippen LogP contribution is 2.35. The van der Waals surface area contributed by atoms with Crippen molar-refractivity contribution >= 4 is 35.1 Å². The summed E-state index contributed by atoms with van der Waals surface area (Å²) in [7, 11) is 4.30. The Morgan fingerprint density at radius 2 is 1.57 bits per heavy atom. The molecule has 0 saturated heterocycles. The van der Waals surface area contributed by atoms with E-state index in [0.717, 1.165) is 4.90 Å². The zero-order chi connectivity index (χ0) is 22.3. The molecule has 0 fully saturated rings. The summed E-state index contributed by atoms with van der Waals surface area (Å²) in [5.41, 5.74) is 0.928. The van der Waals surface area contributed by atoms with Gasteiger partial charge in [-0.25, -0.2) is 4.79 Å². The molecule has 1 N–H and O–H groups in total. The first-order valence-electron chi connectivity index (χ1n) is 8.80. The van der Waals surface area contributed by atoms with Gasteiger partial charge in [0.15, 0.2) is 23.9 Å². The summed E-state index contributed by atoms with van der Waals surface area (Å²) in [4.78, 5) is 37.3. The number of ketones is 1. The van der Waals surface area contributed by atoms with Crippen LogP contribution in [0.2, 0.25) is 0 Å². The summed E-state index contributed by atoms with van der Waals surface area (Å²) >= 11 is 1.44. The second-order valence-corrected chi connectivity index (χ2v) is 6.85. The number of carbonyl (C=O) groups is 3. The van der Waals surface area contributed by atoms with E-state index in [0.29, 0.717) is 22.7 Å².